The zero-order valence-electron chi connectivity index (χ0n) is 15.3. The van der Waals surface area contributed by atoms with Crippen LogP contribution in [0.1, 0.15) is 41.3 Å². The quantitative estimate of drug-likeness (QED) is 0.655. The van der Waals surface area contributed by atoms with Crippen molar-refractivity contribution in [3.8, 4) is 5.75 Å². The fraction of sp³-hybridized carbons (Fsp3) is 0.318. The van der Waals surface area contributed by atoms with Gasteiger partial charge in [0, 0.05) is 24.4 Å². The van der Waals surface area contributed by atoms with E-state index in [4.69, 9.17) is 9.15 Å². The maximum Gasteiger partial charge on any atom is 0.289 e. The Morgan fingerprint density at radius 2 is 2.00 bits per heavy atom. The summed E-state index contributed by atoms with van der Waals surface area (Å²) in [7, 11) is 1.58. The number of hydrogen-bond donors (Lipinski definition) is 0. The molecule has 27 heavy (non-hydrogen) atoms. The van der Waals surface area contributed by atoms with Gasteiger partial charge in [0.2, 0.25) is 0 Å². The van der Waals surface area contributed by atoms with E-state index < -0.39 is 0 Å². The molecule has 1 fully saturated rings. The first-order chi connectivity index (χ1) is 13.2. The molecular weight excluding hydrogens is 345 g/mol. The van der Waals surface area contributed by atoms with Gasteiger partial charge in [-0.3, -0.25) is 4.79 Å². The van der Waals surface area contributed by atoms with Crippen LogP contribution in [-0.4, -0.2) is 31.0 Å². The van der Waals surface area contributed by atoms with Crippen LogP contribution in [0.4, 0.5) is 4.39 Å². The van der Waals surface area contributed by atoms with Crippen LogP contribution in [0.3, 0.4) is 0 Å². The minimum absolute atomic E-state index is 0.109. The Labute approximate surface area is 157 Å². The van der Waals surface area contributed by atoms with E-state index in [0.717, 1.165) is 30.2 Å². The predicted molar refractivity (Wildman–Crippen MR) is 102 cm³/mol. The average Bonchev–Trinajstić information content (AvgIpc) is 2.98. The molecule has 4 rings (SSSR count). The second kappa shape index (κ2) is 7.43. The SMILES string of the molecule is COc1cccc2cc(C(=O)N3CCCCC(c4ccc(F)cc4)C3)oc12. The molecule has 0 aliphatic carbocycles. The summed E-state index contributed by atoms with van der Waals surface area (Å²) in [5, 5.41) is 0.850. The Morgan fingerprint density at radius 3 is 2.78 bits per heavy atom. The summed E-state index contributed by atoms with van der Waals surface area (Å²) < 4.78 is 24.4. The van der Waals surface area contributed by atoms with Gasteiger partial charge in [0.1, 0.15) is 5.82 Å². The van der Waals surface area contributed by atoms with E-state index >= 15 is 0 Å². The molecule has 1 atom stereocenters. The zero-order valence-corrected chi connectivity index (χ0v) is 15.3. The molecule has 1 amide bonds. The molecule has 1 unspecified atom stereocenters. The van der Waals surface area contributed by atoms with Crippen LogP contribution in [0.5, 0.6) is 5.75 Å². The van der Waals surface area contributed by atoms with Crippen LogP contribution >= 0.6 is 0 Å². The summed E-state index contributed by atoms with van der Waals surface area (Å²) in [6, 6.07) is 14.0. The topological polar surface area (TPSA) is 42.7 Å². The third-order valence-electron chi connectivity index (χ3n) is 5.24. The number of nitrogens with zero attached hydrogens (tertiary/aromatic N) is 1. The molecule has 0 radical (unpaired) electrons. The molecule has 1 saturated heterocycles. The van der Waals surface area contributed by atoms with Crippen LogP contribution in [0.25, 0.3) is 11.0 Å². The lowest BCUT2D eigenvalue weighted by molar-refractivity contribution is 0.0724. The van der Waals surface area contributed by atoms with E-state index in [1.165, 1.54) is 12.1 Å². The number of methoxy groups -OCH3 is 1. The fourth-order valence-electron chi connectivity index (χ4n) is 3.79. The van der Waals surface area contributed by atoms with Crippen molar-refractivity contribution in [1.29, 1.82) is 0 Å². The Bertz CT molecular complexity index is 948. The van der Waals surface area contributed by atoms with Crippen LogP contribution < -0.4 is 4.74 Å². The number of amides is 1. The number of furan rings is 1. The monoisotopic (exact) mass is 367 g/mol. The summed E-state index contributed by atoms with van der Waals surface area (Å²) in [6.07, 6.45) is 2.98. The first-order valence-electron chi connectivity index (χ1n) is 9.27. The van der Waals surface area contributed by atoms with Gasteiger partial charge in [0.05, 0.1) is 7.11 Å². The Kier molecular flexibility index (Phi) is 4.84. The minimum atomic E-state index is -0.239. The van der Waals surface area contributed by atoms with Gasteiger partial charge < -0.3 is 14.1 Å². The maximum absolute atomic E-state index is 13.2. The van der Waals surface area contributed by atoms with Crippen molar-refractivity contribution in [2.24, 2.45) is 0 Å². The number of benzene rings is 2. The molecular formula is C22H22FNO3. The van der Waals surface area contributed by atoms with Crippen LogP contribution in [0.15, 0.2) is 52.9 Å². The molecule has 0 saturated carbocycles. The number of fused-ring (bicyclic) bond motifs is 1. The van der Waals surface area contributed by atoms with Crippen LogP contribution in [0.2, 0.25) is 0 Å². The molecule has 140 valence electrons. The molecule has 0 spiro atoms. The van der Waals surface area contributed by atoms with Gasteiger partial charge in [-0.15, -0.1) is 0 Å². The third kappa shape index (κ3) is 3.54. The summed E-state index contributed by atoms with van der Waals surface area (Å²) in [5.41, 5.74) is 1.66. The summed E-state index contributed by atoms with van der Waals surface area (Å²) >= 11 is 0. The standard InChI is InChI=1S/C22H22FNO3/c1-26-19-7-4-6-16-13-20(27-21(16)19)22(25)24-12-3-2-5-17(14-24)15-8-10-18(23)11-9-15/h4,6-11,13,17H,2-3,5,12,14H2,1H3. The van der Waals surface area contributed by atoms with Gasteiger partial charge in [0.25, 0.3) is 5.91 Å². The number of rotatable bonds is 3. The fourth-order valence-corrected chi connectivity index (χ4v) is 3.79. The van der Waals surface area contributed by atoms with Crippen molar-refractivity contribution in [2.45, 2.75) is 25.2 Å². The van der Waals surface area contributed by atoms with E-state index in [2.05, 4.69) is 0 Å². The molecule has 3 aromatic rings. The molecule has 0 N–H and O–H groups in total. The van der Waals surface area contributed by atoms with E-state index in [1.807, 2.05) is 35.2 Å². The highest BCUT2D eigenvalue weighted by molar-refractivity contribution is 5.97. The van der Waals surface area contributed by atoms with Crippen molar-refractivity contribution in [1.82, 2.24) is 4.90 Å². The highest BCUT2D eigenvalue weighted by atomic mass is 19.1. The Morgan fingerprint density at radius 1 is 1.19 bits per heavy atom. The molecule has 1 aromatic heterocycles. The molecule has 1 aliphatic rings. The Balaban J connectivity index is 1.59. The highest BCUT2D eigenvalue weighted by Crippen LogP contribution is 2.31. The Hall–Kier alpha value is -2.82. The van der Waals surface area contributed by atoms with Crippen LogP contribution in [-0.2, 0) is 0 Å². The van der Waals surface area contributed by atoms with Crippen LogP contribution in [0, 0.1) is 5.82 Å². The molecule has 0 bridgehead atoms. The van der Waals surface area contributed by atoms with Crippen molar-refractivity contribution in [3.05, 3.63) is 65.7 Å². The molecule has 4 nitrogen and oxygen atoms in total. The lowest BCUT2D eigenvalue weighted by Crippen LogP contribution is -2.33. The zero-order chi connectivity index (χ0) is 18.8. The first kappa shape index (κ1) is 17.6. The van der Waals surface area contributed by atoms with Crippen molar-refractivity contribution < 1.29 is 18.3 Å². The van der Waals surface area contributed by atoms with Gasteiger partial charge in [0.15, 0.2) is 17.1 Å². The highest BCUT2D eigenvalue weighted by Gasteiger charge is 2.26. The lowest BCUT2D eigenvalue weighted by atomic mass is 9.94. The second-order valence-corrected chi connectivity index (χ2v) is 6.98. The van der Waals surface area contributed by atoms with E-state index in [0.29, 0.717) is 30.2 Å². The number of halogens is 1. The van der Waals surface area contributed by atoms with Gasteiger partial charge in [-0.25, -0.2) is 4.39 Å². The summed E-state index contributed by atoms with van der Waals surface area (Å²) in [4.78, 5) is 14.9. The number of likely N-dealkylation sites (tertiary alicyclic amines) is 1. The van der Waals surface area contributed by atoms with E-state index in [1.54, 1.807) is 13.2 Å². The van der Waals surface area contributed by atoms with E-state index in [9.17, 15) is 9.18 Å². The predicted octanol–water partition coefficient (Wildman–Crippen LogP) is 4.99. The molecule has 1 aliphatic heterocycles. The molecule has 2 heterocycles. The van der Waals surface area contributed by atoms with E-state index in [-0.39, 0.29) is 17.6 Å². The van der Waals surface area contributed by atoms with Gasteiger partial charge in [-0.1, -0.05) is 30.7 Å². The summed E-state index contributed by atoms with van der Waals surface area (Å²) in [5.74, 6) is 0.801. The smallest absolute Gasteiger partial charge is 0.289 e. The number of para-hydroxylation sites is 1. The number of hydrogen-bond acceptors (Lipinski definition) is 3. The van der Waals surface area contributed by atoms with Gasteiger partial charge in [-0.05, 0) is 42.7 Å². The third-order valence-corrected chi connectivity index (χ3v) is 5.24. The van der Waals surface area contributed by atoms with Crippen molar-refractivity contribution in [2.75, 3.05) is 20.2 Å². The first-order valence-corrected chi connectivity index (χ1v) is 9.27. The average molecular weight is 367 g/mol. The van der Waals surface area contributed by atoms with Crippen molar-refractivity contribution in [3.63, 3.8) is 0 Å². The summed E-state index contributed by atoms with van der Waals surface area (Å²) in [6.45, 7) is 1.31. The number of carbonyl (C=O) groups excluding carboxylic acids is 1. The lowest BCUT2D eigenvalue weighted by Gasteiger charge is -2.24. The molecule has 5 heteroatoms. The number of carbonyl (C=O) groups is 1. The van der Waals surface area contributed by atoms with Gasteiger partial charge in [-0.2, -0.15) is 0 Å². The number of ether oxygens (including phenoxy) is 1. The maximum atomic E-state index is 13.2. The van der Waals surface area contributed by atoms with Crippen molar-refractivity contribution >= 4 is 16.9 Å². The molecule has 2 aromatic carbocycles. The second-order valence-electron chi connectivity index (χ2n) is 6.98. The normalized spacial score (nSPS) is 17.7. The minimum Gasteiger partial charge on any atom is -0.493 e. The largest absolute Gasteiger partial charge is 0.493 e. The van der Waals surface area contributed by atoms with Gasteiger partial charge >= 0.3 is 0 Å².